The highest BCUT2D eigenvalue weighted by Crippen LogP contribution is 2.43. The maximum atomic E-state index is 3.51. The van der Waals surface area contributed by atoms with Crippen molar-refractivity contribution in [1.82, 2.24) is 0 Å². The van der Waals surface area contributed by atoms with Crippen LogP contribution >= 0.6 is 0 Å². The monoisotopic (exact) mass is 229 g/mol. The van der Waals surface area contributed by atoms with Crippen molar-refractivity contribution in [3.05, 3.63) is 35.9 Å². The normalized spacial score (nSPS) is 19.1. The minimum Gasteiger partial charge on any atom is -0.0654 e. The van der Waals surface area contributed by atoms with Crippen LogP contribution in [-0.4, -0.2) is 0 Å². The van der Waals surface area contributed by atoms with Gasteiger partial charge in [-0.2, -0.15) is 0 Å². The fraction of sp³-hybridized carbons (Fsp3) is 0.647. The fourth-order valence-corrected chi connectivity index (χ4v) is 3.32. The lowest BCUT2D eigenvalue weighted by Crippen LogP contribution is -2.29. The summed E-state index contributed by atoms with van der Waals surface area (Å²) in [6.07, 6.45) is 12.5. The van der Waals surface area contributed by atoms with Gasteiger partial charge in [-0.25, -0.2) is 0 Å². The first kappa shape index (κ1) is 12.7. The standard InChI is InChI=1S/C17H25/c1-2-3-8-13-17(14-9-5-10-15-17)16-11-6-4-7-12-16/h4,6-7,11H,2-3,5,8-10,13-15H2,1H3. The smallest absolute Gasteiger partial charge is 0.00408 e. The van der Waals surface area contributed by atoms with Crippen molar-refractivity contribution < 1.29 is 0 Å². The SMILES string of the molecule is CCCCCC1(c2[c]cccc2)CCCCC1. The average Bonchev–Trinajstić information content (AvgIpc) is 2.41. The zero-order valence-corrected chi connectivity index (χ0v) is 11.2. The lowest BCUT2D eigenvalue weighted by Gasteiger charge is -2.38. The summed E-state index contributed by atoms with van der Waals surface area (Å²) in [5, 5.41) is 0. The summed E-state index contributed by atoms with van der Waals surface area (Å²) in [7, 11) is 0. The maximum absolute atomic E-state index is 3.51. The molecule has 0 N–H and O–H groups in total. The summed E-state index contributed by atoms with van der Waals surface area (Å²) in [4.78, 5) is 0. The van der Waals surface area contributed by atoms with Gasteiger partial charge in [0.15, 0.2) is 0 Å². The van der Waals surface area contributed by atoms with E-state index < -0.39 is 0 Å². The summed E-state index contributed by atoms with van der Waals surface area (Å²) in [5.74, 6) is 0. The molecule has 1 saturated carbocycles. The van der Waals surface area contributed by atoms with Gasteiger partial charge in [-0.1, -0.05) is 69.7 Å². The Balaban J connectivity index is 2.11. The van der Waals surface area contributed by atoms with Gasteiger partial charge in [-0.3, -0.25) is 0 Å². The summed E-state index contributed by atoms with van der Waals surface area (Å²) < 4.78 is 0. The minimum atomic E-state index is 0.467. The molecule has 0 atom stereocenters. The van der Waals surface area contributed by atoms with Gasteiger partial charge in [0.05, 0.1) is 0 Å². The van der Waals surface area contributed by atoms with E-state index in [0.29, 0.717) is 5.41 Å². The van der Waals surface area contributed by atoms with Crippen LogP contribution in [0.4, 0.5) is 0 Å². The van der Waals surface area contributed by atoms with E-state index >= 15 is 0 Å². The van der Waals surface area contributed by atoms with Gasteiger partial charge in [-0.05, 0) is 36.3 Å². The number of hydrogen-bond donors (Lipinski definition) is 0. The zero-order chi connectivity index (χ0) is 12.0. The van der Waals surface area contributed by atoms with Crippen molar-refractivity contribution in [3.63, 3.8) is 0 Å². The van der Waals surface area contributed by atoms with Crippen LogP contribution in [0, 0.1) is 6.07 Å². The summed E-state index contributed by atoms with van der Waals surface area (Å²) in [5.41, 5.74) is 1.95. The van der Waals surface area contributed by atoms with Crippen molar-refractivity contribution in [2.75, 3.05) is 0 Å². The zero-order valence-electron chi connectivity index (χ0n) is 11.2. The topological polar surface area (TPSA) is 0 Å². The molecule has 0 spiro atoms. The van der Waals surface area contributed by atoms with E-state index in [2.05, 4.69) is 37.3 Å². The van der Waals surface area contributed by atoms with E-state index in [1.807, 2.05) is 0 Å². The third-order valence-corrected chi connectivity index (χ3v) is 4.35. The van der Waals surface area contributed by atoms with Crippen LogP contribution in [0.1, 0.15) is 70.3 Å². The molecule has 0 saturated heterocycles. The molecular formula is C17H25. The molecule has 0 heterocycles. The molecule has 0 amide bonds. The molecule has 1 fully saturated rings. The molecule has 1 aliphatic carbocycles. The first-order valence-corrected chi connectivity index (χ1v) is 7.35. The Morgan fingerprint density at radius 1 is 1.12 bits per heavy atom. The average molecular weight is 229 g/mol. The molecule has 1 aromatic carbocycles. The number of hydrogen-bond acceptors (Lipinski definition) is 0. The first-order valence-electron chi connectivity index (χ1n) is 7.35. The summed E-state index contributed by atoms with van der Waals surface area (Å²) in [6, 6.07) is 12.2. The number of unbranched alkanes of at least 4 members (excludes halogenated alkanes) is 2. The lowest BCUT2D eigenvalue weighted by molar-refractivity contribution is 0.265. The summed E-state index contributed by atoms with van der Waals surface area (Å²) in [6.45, 7) is 2.29. The second-order valence-corrected chi connectivity index (χ2v) is 5.57. The van der Waals surface area contributed by atoms with Crippen LogP contribution in [0.15, 0.2) is 24.3 Å². The maximum Gasteiger partial charge on any atom is -0.00408 e. The molecule has 1 radical (unpaired) electrons. The van der Waals surface area contributed by atoms with Crippen LogP contribution in [0.3, 0.4) is 0 Å². The fourth-order valence-electron chi connectivity index (χ4n) is 3.32. The Kier molecular flexibility index (Phi) is 4.65. The molecule has 0 nitrogen and oxygen atoms in total. The number of rotatable bonds is 5. The Morgan fingerprint density at radius 2 is 1.94 bits per heavy atom. The third kappa shape index (κ3) is 3.12. The Morgan fingerprint density at radius 3 is 2.59 bits per heavy atom. The van der Waals surface area contributed by atoms with E-state index in [0.717, 1.165) is 0 Å². The summed E-state index contributed by atoms with van der Waals surface area (Å²) >= 11 is 0. The molecule has 0 aromatic heterocycles. The predicted molar refractivity (Wildman–Crippen MR) is 74.2 cm³/mol. The van der Waals surface area contributed by atoms with Crippen molar-refractivity contribution >= 4 is 0 Å². The molecule has 1 aliphatic rings. The molecule has 0 aliphatic heterocycles. The van der Waals surface area contributed by atoms with Crippen molar-refractivity contribution in [2.24, 2.45) is 0 Å². The van der Waals surface area contributed by atoms with Gasteiger partial charge >= 0.3 is 0 Å². The molecule has 0 unspecified atom stereocenters. The van der Waals surface area contributed by atoms with E-state index in [4.69, 9.17) is 0 Å². The van der Waals surface area contributed by atoms with Crippen LogP contribution in [-0.2, 0) is 5.41 Å². The Bertz CT molecular complexity index is 306. The van der Waals surface area contributed by atoms with Gasteiger partial charge in [0, 0.05) is 0 Å². The van der Waals surface area contributed by atoms with E-state index in [9.17, 15) is 0 Å². The molecule has 17 heavy (non-hydrogen) atoms. The quantitative estimate of drug-likeness (QED) is 0.603. The van der Waals surface area contributed by atoms with E-state index in [1.54, 1.807) is 0 Å². The first-order chi connectivity index (χ1) is 8.37. The van der Waals surface area contributed by atoms with Crippen LogP contribution < -0.4 is 0 Å². The molecule has 2 rings (SSSR count). The van der Waals surface area contributed by atoms with Crippen LogP contribution in [0.25, 0.3) is 0 Å². The van der Waals surface area contributed by atoms with Gasteiger partial charge in [0.1, 0.15) is 0 Å². The van der Waals surface area contributed by atoms with E-state index in [1.165, 1.54) is 63.4 Å². The second kappa shape index (κ2) is 6.23. The Labute approximate surface area is 106 Å². The Hall–Kier alpha value is -0.780. The molecular weight excluding hydrogens is 204 g/mol. The predicted octanol–water partition coefficient (Wildman–Crippen LogP) is 5.27. The highest BCUT2D eigenvalue weighted by molar-refractivity contribution is 5.24. The van der Waals surface area contributed by atoms with E-state index in [-0.39, 0.29) is 0 Å². The van der Waals surface area contributed by atoms with Crippen LogP contribution in [0.2, 0.25) is 0 Å². The van der Waals surface area contributed by atoms with Crippen molar-refractivity contribution in [3.8, 4) is 0 Å². The van der Waals surface area contributed by atoms with Crippen molar-refractivity contribution in [2.45, 2.75) is 70.1 Å². The lowest BCUT2D eigenvalue weighted by atomic mass is 9.66. The largest absolute Gasteiger partial charge is 0.0654 e. The minimum absolute atomic E-state index is 0.467. The van der Waals surface area contributed by atoms with Gasteiger partial charge < -0.3 is 0 Å². The van der Waals surface area contributed by atoms with Gasteiger partial charge in [0.2, 0.25) is 0 Å². The van der Waals surface area contributed by atoms with Crippen LogP contribution in [0.5, 0.6) is 0 Å². The van der Waals surface area contributed by atoms with Gasteiger partial charge in [-0.15, -0.1) is 0 Å². The highest BCUT2D eigenvalue weighted by atomic mass is 14.4. The third-order valence-electron chi connectivity index (χ3n) is 4.35. The second-order valence-electron chi connectivity index (χ2n) is 5.57. The molecule has 0 heteroatoms. The number of benzene rings is 1. The molecule has 93 valence electrons. The van der Waals surface area contributed by atoms with Gasteiger partial charge in [0.25, 0.3) is 0 Å². The molecule has 0 bridgehead atoms. The van der Waals surface area contributed by atoms with Crippen molar-refractivity contribution in [1.29, 1.82) is 0 Å². The molecule has 1 aromatic rings. The highest BCUT2D eigenvalue weighted by Gasteiger charge is 2.32.